The van der Waals surface area contributed by atoms with Crippen molar-refractivity contribution in [3.05, 3.63) is 56.6 Å². The van der Waals surface area contributed by atoms with Crippen LogP contribution in [0.25, 0.3) is 16.9 Å². The van der Waals surface area contributed by atoms with Gasteiger partial charge in [0.1, 0.15) is 18.1 Å². The minimum Gasteiger partial charge on any atom is -0.495 e. The smallest absolute Gasteiger partial charge is 0.136 e. The van der Waals surface area contributed by atoms with Crippen LogP contribution in [-0.4, -0.2) is 16.9 Å². The van der Waals surface area contributed by atoms with E-state index in [1.54, 1.807) is 19.4 Å². The molecule has 2 aromatic carbocycles. The first-order valence-electron chi connectivity index (χ1n) is 7.11. The number of hydrogen-bond acceptors (Lipinski definition) is 3. The molecule has 0 unspecified atom stereocenters. The van der Waals surface area contributed by atoms with Gasteiger partial charge in [-0.1, -0.05) is 23.2 Å². The zero-order chi connectivity index (χ0) is 16.8. The van der Waals surface area contributed by atoms with E-state index in [4.69, 9.17) is 32.7 Å². The lowest BCUT2D eigenvalue weighted by molar-refractivity contribution is 0.299. The number of nitrogens with zero attached hydrogens (tertiary/aromatic N) is 2. The Labute approximate surface area is 157 Å². The molecule has 4 rings (SSSR count). The van der Waals surface area contributed by atoms with Crippen molar-refractivity contribution in [2.24, 2.45) is 0 Å². The summed E-state index contributed by atoms with van der Waals surface area (Å²) < 4.78 is 13.9. The summed E-state index contributed by atoms with van der Waals surface area (Å²) >= 11 is 15.8. The highest BCUT2D eigenvalue weighted by Gasteiger charge is 2.25. The Bertz CT molecular complexity index is 936. The molecule has 0 atom stereocenters. The van der Waals surface area contributed by atoms with Crippen LogP contribution in [0.15, 0.2) is 41.0 Å². The molecule has 1 aliphatic rings. The van der Waals surface area contributed by atoms with Gasteiger partial charge in [0.25, 0.3) is 0 Å². The maximum atomic E-state index is 6.14. The highest BCUT2D eigenvalue weighted by molar-refractivity contribution is 9.10. The van der Waals surface area contributed by atoms with Crippen molar-refractivity contribution >= 4 is 39.1 Å². The van der Waals surface area contributed by atoms with Crippen molar-refractivity contribution in [3.63, 3.8) is 0 Å². The van der Waals surface area contributed by atoms with Crippen molar-refractivity contribution in [1.82, 2.24) is 9.78 Å². The topological polar surface area (TPSA) is 36.3 Å². The predicted octanol–water partition coefficient (Wildman–Crippen LogP) is 5.51. The zero-order valence-electron chi connectivity index (χ0n) is 12.5. The molecule has 0 amide bonds. The summed E-state index contributed by atoms with van der Waals surface area (Å²) in [5.74, 6) is 1.46. The van der Waals surface area contributed by atoms with E-state index in [0.717, 1.165) is 32.7 Å². The standard InChI is InChI=1S/C17H11BrCl2N2O2/c1-23-16-6-15-13(5-14(16)18)17-9(8-24-15)7-21-22(17)12-3-10(19)2-11(20)4-12/h2-7H,8H2,1H3. The Morgan fingerprint density at radius 1 is 1.17 bits per heavy atom. The molecule has 0 bridgehead atoms. The Hall–Kier alpha value is -1.69. The van der Waals surface area contributed by atoms with Crippen LogP contribution in [0, 0.1) is 0 Å². The largest absolute Gasteiger partial charge is 0.495 e. The summed E-state index contributed by atoms with van der Waals surface area (Å²) in [6.07, 6.45) is 1.80. The summed E-state index contributed by atoms with van der Waals surface area (Å²) in [5, 5.41) is 5.61. The second kappa shape index (κ2) is 5.99. The van der Waals surface area contributed by atoms with E-state index in [-0.39, 0.29) is 0 Å². The van der Waals surface area contributed by atoms with Crippen molar-refractivity contribution in [3.8, 4) is 28.4 Å². The second-order valence-corrected chi connectivity index (χ2v) is 7.06. The molecule has 1 aromatic heterocycles. The third-order valence-corrected chi connectivity index (χ3v) is 4.89. The number of ether oxygens (including phenoxy) is 2. The molecule has 4 nitrogen and oxygen atoms in total. The molecular formula is C17H11BrCl2N2O2. The molecular weight excluding hydrogens is 415 g/mol. The summed E-state index contributed by atoms with van der Waals surface area (Å²) in [5.41, 5.74) is 3.68. The van der Waals surface area contributed by atoms with Gasteiger partial charge in [-0.05, 0) is 40.2 Å². The number of fused-ring (bicyclic) bond motifs is 3. The maximum absolute atomic E-state index is 6.14. The maximum Gasteiger partial charge on any atom is 0.136 e. The number of hydrogen-bond donors (Lipinski definition) is 0. The van der Waals surface area contributed by atoms with Crippen molar-refractivity contribution < 1.29 is 9.47 Å². The number of benzene rings is 2. The Kier molecular flexibility index (Phi) is 3.95. The highest BCUT2D eigenvalue weighted by atomic mass is 79.9. The van der Waals surface area contributed by atoms with Gasteiger partial charge in [-0.25, -0.2) is 4.68 Å². The molecule has 1 aliphatic heterocycles. The van der Waals surface area contributed by atoms with E-state index in [0.29, 0.717) is 22.4 Å². The molecule has 2 heterocycles. The van der Waals surface area contributed by atoms with Crippen LogP contribution < -0.4 is 9.47 Å². The zero-order valence-corrected chi connectivity index (χ0v) is 15.6. The lowest BCUT2D eigenvalue weighted by Gasteiger charge is -2.21. The van der Waals surface area contributed by atoms with Gasteiger partial charge in [-0.3, -0.25) is 0 Å². The molecule has 0 N–H and O–H groups in total. The van der Waals surface area contributed by atoms with Crippen LogP contribution in [-0.2, 0) is 6.61 Å². The second-order valence-electron chi connectivity index (χ2n) is 5.33. The number of rotatable bonds is 2. The summed E-state index contributed by atoms with van der Waals surface area (Å²) in [6, 6.07) is 9.19. The lowest BCUT2D eigenvalue weighted by Crippen LogP contribution is -2.08. The first-order valence-corrected chi connectivity index (χ1v) is 8.66. The number of methoxy groups -OCH3 is 1. The molecule has 3 aromatic rings. The van der Waals surface area contributed by atoms with Crippen LogP contribution in [0.3, 0.4) is 0 Å². The third-order valence-electron chi connectivity index (χ3n) is 3.83. The van der Waals surface area contributed by atoms with Gasteiger partial charge in [0.2, 0.25) is 0 Å². The first kappa shape index (κ1) is 15.8. The summed E-state index contributed by atoms with van der Waals surface area (Å²) in [4.78, 5) is 0. The SMILES string of the molecule is COc1cc2c(cc1Br)-c1c(cnn1-c1cc(Cl)cc(Cl)c1)CO2. The predicted molar refractivity (Wildman–Crippen MR) is 97.6 cm³/mol. The molecule has 0 fully saturated rings. The Balaban J connectivity index is 1.94. The van der Waals surface area contributed by atoms with E-state index in [1.807, 2.05) is 28.9 Å². The summed E-state index contributed by atoms with van der Waals surface area (Å²) in [6.45, 7) is 0.446. The van der Waals surface area contributed by atoms with Gasteiger partial charge in [-0.15, -0.1) is 0 Å². The minimum absolute atomic E-state index is 0.446. The fourth-order valence-electron chi connectivity index (χ4n) is 2.78. The van der Waals surface area contributed by atoms with Crippen LogP contribution >= 0.6 is 39.1 Å². The minimum atomic E-state index is 0.446. The van der Waals surface area contributed by atoms with E-state index < -0.39 is 0 Å². The van der Waals surface area contributed by atoms with Gasteiger partial charge in [0.05, 0.1) is 29.2 Å². The fraction of sp³-hybridized carbons (Fsp3) is 0.118. The van der Waals surface area contributed by atoms with Crippen molar-refractivity contribution in [2.45, 2.75) is 6.61 Å². The lowest BCUT2D eigenvalue weighted by atomic mass is 10.0. The molecule has 24 heavy (non-hydrogen) atoms. The molecule has 0 saturated carbocycles. The fourth-order valence-corrected chi connectivity index (χ4v) is 3.80. The normalized spacial score (nSPS) is 12.3. The quantitative estimate of drug-likeness (QED) is 0.543. The molecule has 0 aliphatic carbocycles. The van der Waals surface area contributed by atoms with Gasteiger partial charge in [-0.2, -0.15) is 5.10 Å². The van der Waals surface area contributed by atoms with Gasteiger partial charge in [0.15, 0.2) is 0 Å². The van der Waals surface area contributed by atoms with Crippen LogP contribution in [0.2, 0.25) is 10.0 Å². The van der Waals surface area contributed by atoms with Crippen LogP contribution in [0.5, 0.6) is 11.5 Å². The van der Waals surface area contributed by atoms with E-state index in [2.05, 4.69) is 21.0 Å². The monoisotopic (exact) mass is 424 g/mol. The molecule has 0 spiro atoms. The molecule has 122 valence electrons. The van der Waals surface area contributed by atoms with Gasteiger partial charge in [0, 0.05) is 27.2 Å². The first-order chi connectivity index (χ1) is 11.6. The number of aromatic nitrogens is 2. The average molecular weight is 426 g/mol. The van der Waals surface area contributed by atoms with Crippen molar-refractivity contribution in [1.29, 1.82) is 0 Å². The van der Waals surface area contributed by atoms with Crippen LogP contribution in [0.1, 0.15) is 5.56 Å². The van der Waals surface area contributed by atoms with Gasteiger partial charge >= 0.3 is 0 Å². The molecule has 0 radical (unpaired) electrons. The van der Waals surface area contributed by atoms with E-state index in [9.17, 15) is 0 Å². The van der Waals surface area contributed by atoms with E-state index in [1.165, 1.54) is 0 Å². The Morgan fingerprint density at radius 3 is 2.62 bits per heavy atom. The van der Waals surface area contributed by atoms with E-state index >= 15 is 0 Å². The third kappa shape index (κ3) is 2.57. The van der Waals surface area contributed by atoms with Crippen LogP contribution in [0.4, 0.5) is 0 Å². The number of halogens is 3. The molecule has 7 heteroatoms. The van der Waals surface area contributed by atoms with Crippen molar-refractivity contribution in [2.75, 3.05) is 7.11 Å². The average Bonchev–Trinajstić information content (AvgIpc) is 2.98. The highest BCUT2D eigenvalue weighted by Crippen LogP contribution is 2.43. The Morgan fingerprint density at radius 2 is 1.92 bits per heavy atom. The summed E-state index contributed by atoms with van der Waals surface area (Å²) in [7, 11) is 1.62. The van der Waals surface area contributed by atoms with Gasteiger partial charge < -0.3 is 9.47 Å². The molecule has 0 saturated heterocycles.